The Morgan fingerprint density at radius 2 is 1.27 bits per heavy atom. The zero-order chi connectivity index (χ0) is 19.3. The highest BCUT2D eigenvalue weighted by Crippen LogP contribution is 2.03. The monoisotopic (exact) mass is 360 g/mol. The number of unbranched alkanes of at least 4 members (excludes halogenated alkanes) is 1. The van der Waals surface area contributed by atoms with E-state index in [1.54, 1.807) is 6.92 Å². The van der Waals surface area contributed by atoms with Crippen LogP contribution in [0.4, 0.5) is 0 Å². The molecule has 0 aromatic carbocycles. The number of esters is 1. The van der Waals surface area contributed by atoms with E-state index in [9.17, 15) is 4.79 Å². The van der Waals surface area contributed by atoms with Crippen molar-refractivity contribution < 1.29 is 14.3 Å². The van der Waals surface area contributed by atoms with E-state index >= 15 is 0 Å². The average molecular weight is 361 g/mol. The van der Waals surface area contributed by atoms with Crippen LogP contribution in [-0.2, 0) is 14.3 Å². The standard InChI is InChI=1S/C23H36O3/c1-4-6-7-8-9-10-11-12-13-14-15-16-17-18-19-20-21-22(25-3)23(24)26-5-2/h6-7,9-10,12-13,15-16,19-20,22H,4-5,8,11,14,17-18,21H2,1-3H3/b7-6-,10-9-,13-12-,16-15-,20-19+. The van der Waals surface area contributed by atoms with Crippen LogP contribution in [0, 0.1) is 0 Å². The van der Waals surface area contributed by atoms with Gasteiger partial charge in [-0.3, -0.25) is 0 Å². The average Bonchev–Trinajstić information content (AvgIpc) is 2.64. The molecule has 0 aromatic rings. The second-order valence-electron chi connectivity index (χ2n) is 5.76. The highest BCUT2D eigenvalue weighted by molar-refractivity contribution is 5.74. The second-order valence-corrected chi connectivity index (χ2v) is 5.76. The van der Waals surface area contributed by atoms with Crippen LogP contribution in [0.1, 0.15) is 58.8 Å². The van der Waals surface area contributed by atoms with Gasteiger partial charge in [0.05, 0.1) is 6.61 Å². The van der Waals surface area contributed by atoms with Gasteiger partial charge >= 0.3 is 5.97 Å². The molecule has 0 aliphatic heterocycles. The van der Waals surface area contributed by atoms with Crippen molar-refractivity contribution in [3.8, 4) is 0 Å². The van der Waals surface area contributed by atoms with Gasteiger partial charge in [-0.25, -0.2) is 4.79 Å². The Kier molecular flexibility index (Phi) is 18.1. The highest BCUT2D eigenvalue weighted by Gasteiger charge is 2.16. The van der Waals surface area contributed by atoms with Crippen LogP contribution in [0.25, 0.3) is 0 Å². The van der Waals surface area contributed by atoms with Gasteiger partial charge in [0, 0.05) is 13.5 Å². The van der Waals surface area contributed by atoms with Gasteiger partial charge in [-0.05, 0) is 45.4 Å². The molecule has 0 aliphatic rings. The Bertz CT molecular complexity index is 470. The lowest BCUT2D eigenvalue weighted by Gasteiger charge is -2.11. The molecule has 0 aromatic heterocycles. The quantitative estimate of drug-likeness (QED) is 0.201. The zero-order valence-electron chi connectivity index (χ0n) is 16.7. The third-order valence-corrected chi connectivity index (χ3v) is 3.57. The van der Waals surface area contributed by atoms with E-state index in [1.165, 1.54) is 7.11 Å². The van der Waals surface area contributed by atoms with Gasteiger partial charge in [-0.1, -0.05) is 67.7 Å². The third kappa shape index (κ3) is 15.6. The van der Waals surface area contributed by atoms with Gasteiger partial charge in [0.2, 0.25) is 0 Å². The molecule has 3 heteroatoms. The summed E-state index contributed by atoms with van der Waals surface area (Å²) in [6, 6.07) is 0. The maximum atomic E-state index is 11.6. The van der Waals surface area contributed by atoms with Gasteiger partial charge in [0.15, 0.2) is 6.10 Å². The van der Waals surface area contributed by atoms with Crippen LogP contribution >= 0.6 is 0 Å². The summed E-state index contributed by atoms with van der Waals surface area (Å²) >= 11 is 0. The molecule has 1 unspecified atom stereocenters. The van der Waals surface area contributed by atoms with Gasteiger partial charge in [0.1, 0.15) is 0 Å². The van der Waals surface area contributed by atoms with Gasteiger partial charge in [-0.2, -0.15) is 0 Å². The molecule has 26 heavy (non-hydrogen) atoms. The van der Waals surface area contributed by atoms with Crippen LogP contribution in [0.2, 0.25) is 0 Å². The number of ether oxygens (including phenoxy) is 2. The maximum Gasteiger partial charge on any atom is 0.335 e. The number of carbonyl (C=O) groups is 1. The molecule has 0 saturated heterocycles. The van der Waals surface area contributed by atoms with Gasteiger partial charge in [-0.15, -0.1) is 0 Å². The van der Waals surface area contributed by atoms with Crippen LogP contribution in [0.3, 0.4) is 0 Å². The van der Waals surface area contributed by atoms with Crippen molar-refractivity contribution >= 4 is 5.97 Å². The van der Waals surface area contributed by atoms with Crippen molar-refractivity contribution in [2.24, 2.45) is 0 Å². The number of rotatable bonds is 15. The number of carbonyl (C=O) groups excluding carboxylic acids is 1. The van der Waals surface area contributed by atoms with E-state index in [1.807, 2.05) is 6.08 Å². The number of hydrogen-bond acceptors (Lipinski definition) is 3. The zero-order valence-corrected chi connectivity index (χ0v) is 16.7. The first kappa shape index (κ1) is 24.1. The van der Waals surface area contributed by atoms with Crippen molar-refractivity contribution in [3.63, 3.8) is 0 Å². The Hall–Kier alpha value is -1.87. The molecule has 0 N–H and O–H groups in total. The van der Waals surface area contributed by atoms with Gasteiger partial charge < -0.3 is 9.47 Å². The van der Waals surface area contributed by atoms with E-state index in [0.29, 0.717) is 13.0 Å². The largest absolute Gasteiger partial charge is 0.464 e. The molecular weight excluding hydrogens is 324 g/mol. The lowest BCUT2D eigenvalue weighted by Crippen LogP contribution is -2.24. The molecule has 1 atom stereocenters. The van der Waals surface area contributed by atoms with Crippen molar-refractivity contribution in [2.45, 2.75) is 64.9 Å². The fourth-order valence-corrected chi connectivity index (χ4v) is 2.15. The first-order valence-electron chi connectivity index (χ1n) is 9.70. The summed E-state index contributed by atoms with van der Waals surface area (Å²) < 4.78 is 10.1. The molecule has 0 amide bonds. The Morgan fingerprint density at radius 1 is 0.769 bits per heavy atom. The highest BCUT2D eigenvalue weighted by atomic mass is 16.6. The molecule has 0 spiro atoms. The molecule has 0 bridgehead atoms. The fraction of sp³-hybridized carbons (Fsp3) is 0.522. The topological polar surface area (TPSA) is 35.5 Å². The lowest BCUT2D eigenvalue weighted by molar-refractivity contribution is -0.154. The second kappa shape index (κ2) is 19.5. The maximum absolute atomic E-state index is 11.6. The van der Waals surface area contributed by atoms with Crippen molar-refractivity contribution in [3.05, 3.63) is 60.8 Å². The molecule has 0 fully saturated rings. The minimum atomic E-state index is -0.497. The van der Waals surface area contributed by atoms with E-state index < -0.39 is 6.10 Å². The SMILES string of the molecule is CC/C=C\C/C=C\C/C=C\C/C=C\CC/C=C/CC(OC)C(=O)OCC. The molecule has 0 heterocycles. The normalized spacial score (nSPS) is 13.8. The van der Waals surface area contributed by atoms with Crippen molar-refractivity contribution in [1.29, 1.82) is 0 Å². The van der Waals surface area contributed by atoms with E-state index in [4.69, 9.17) is 9.47 Å². The predicted molar refractivity (Wildman–Crippen MR) is 111 cm³/mol. The Labute approximate surface area is 160 Å². The molecule has 0 saturated carbocycles. The van der Waals surface area contributed by atoms with Crippen LogP contribution < -0.4 is 0 Å². The molecule has 0 radical (unpaired) electrons. The van der Waals surface area contributed by atoms with Crippen LogP contribution in [-0.4, -0.2) is 25.8 Å². The molecule has 0 rings (SSSR count). The van der Waals surface area contributed by atoms with E-state index in [-0.39, 0.29) is 5.97 Å². The predicted octanol–water partition coefficient (Wildman–Crippen LogP) is 6.10. The molecule has 3 nitrogen and oxygen atoms in total. The summed E-state index contributed by atoms with van der Waals surface area (Å²) in [5.41, 5.74) is 0. The number of allylic oxidation sites excluding steroid dienone is 9. The minimum absolute atomic E-state index is 0.293. The smallest absolute Gasteiger partial charge is 0.335 e. The first-order valence-corrected chi connectivity index (χ1v) is 9.70. The summed E-state index contributed by atoms with van der Waals surface area (Å²) in [6.45, 7) is 4.33. The minimum Gasteiger partial charge on any atom is -0.464 e. The van der Waals surface area contributed by atoms with Crippen LogP contribution in [0.15, 0.2) is 60.8 Å². The van der Waals surface area contributed by atoms with E-state index in [0.717, 1.165) is 38.5 Å². The van der Waals surface area contributed by atoms with Gasteiger partial charge in [0.25, 0.3) is 0 Å². The summed E-state index contributed by atoms with van der Waals surface area (Å²) in [4.78, 5) is 11.6. The summed E-state index contributed by atoms with van der Waals surface area (Å²) in [5, 5.41) is 0. The lowest BCUT2D eigenvalue weighted by atomic mass is 10.2. The number of hydrogen-bond donors (Lipinski definition) is 0. The summed E-state index contributed by atoms with van der Waals surface area (Å²) in [5.74, 6) is -0.293. The Morgan fingerprint density at radius 3 is 1.77 bits per heavy atom. The summed E-state index contributed by atoms with van der Waals surface area (Å²) in [7, 11) is 1.53. The molecule has 146 valence electrons. The van der Waals surface area contributed by atoms with Crippen molar-refractivity contribution in [1.82, 2.24) is 0 Å². The van der Waals surface area contributed by atoms with Crippen molar-refractivity contribution in [2.75, 3.05) is 13.7 Å². The van der Waals surface area contributed by atoms with E-state index in [2.05, 4.69) is 61.6 Å². The molecule has 0 aliphatic carbocycles. The molecular formula is C23H36O3. The van der Waals surface area contributed by atoms with Crippen LogP contribution in [0.5, 0.6) is 0 Å². The number of methoxy groups -OCH3 is 1. The summed E-state index contributed by atoms with van der Waals surface area (Å²) in [6.07, 6.45) is 27.8. The fourth-order valence-electron chi connectivity index (χ4n) is 2.15. The Balaban J connectivity index is 3.70. The third-order valence-electron chi connectivity index (χ3n) is 3.57. The first-order chi connectivity index (χ1) is 12.8.